The van der Waals surface area contributed by atoms with Gasteiger partial charge >= 0.3 is 0 Å². The van der Waals surface area contributed by atoms with E-state index in [1.165, 1.54) is 12.1 Å². The number of aryl methyl sites for hydroxylation is 1. The molecule has 0 saturated heterocycles. The van der Waals surface area contributed by atoms with E-state index in [0.717, 1.165) is 5.56 Å². The molecule has 0 radical (unpaired) electrons. The quantitative estimate of drug-likeness (QED) is 0.778. The van der Waals surface area contributed by atoms with Crippen molar-refractivity contribution in [3.63, 3.8) is 0 Å². The molecule has 2 aromatic rings. The van der Waals surface area contributed by atoms with Crippen LogP contribution in [-0.4, -0.2) is 26.5 Å². The average Bonchev–Trinajstić information content (AvgIpc) is 2.54. The van der Waals surface area contributed by atoms with Crippen LogP contribution in [0, 0.1) is 6.92 Å². The van der Waals surface area contributed by atoms with Crippen LogP contribution in [0.4, 0.5) is 5.69 Å². The molecule has 0 fully saturated rings. The molecule has 0 spiro atoms. The molecule has 2 rings (SSSR count). The fraction of sp³-hybridized carbons (Fsp3) is 0.316. The Hall–Kier alpha value is -2.38. The SMILES string of the molecule is Cc1cccc(O[C@@H](C)C(=O)Nc2ccc(S(=O)(=O)NC(C)C)cc2)c1. The van der Waals surface area contributed by atoms with Crippen LogP contribution in [0.5, 0.6) is 5.75 Å². The second-order valence-corrected chi connectivity index (χ2v) is 8.08. The highest BCUT2D eigenvalue weighted by atomic mass is 32.2. The van der Waals surface area contributed by atoms with E-state index in [4.69, 9.17) is 4.74 Å². The van der Waals surface area contributed by atoms with E-state index in [1.807, 2.05) is 25.1 Å². The van der Waals surface area contributed by atoms with Crippen LogP contribution in [0.15, 0.2) is 53.4 Å². The van der Waals surface area contributed by atoms with Crippen molar-refractivity contribution in [3.8, 4) is 5.75 Å². The van der Waals surface area contributed by atoms with Crippen LogP contribution >= 0.6 is 0 Å². The summed E-state index contributed by atoms with van der Waals surface area (Å²) in [5.74, 6) is 0.302. The fourth-order valence-corrected chi connectivity index (χ4v) is 3.54. The molecular weight excluding hydrogens is 352 g/mol. The first-order valence-corrected chi connectivity index (χ1v) is 9.82. The van der Waals surface area contributed by atoms with Crippen molar-refractivity contribution < 1.29 is 17.9 Å². The zero-order chi connectivity index (χ0) is 19.3. The van der Waals surface area contributed by atoms with Crippen molar-refractivity contribution in [1.82, 2.24) is 4.72 Å². The number of rotatable bonds is 7. The lowest BCUT2D eigenvalue weighted by Crippen LogP contribution is -2.31. The van der Waals surface area contributed by atoms with Crippen molar-refractivity contribution in [2.75, 3.05) is 5.32 Å². The molecule has 26 heavy (non-hydrogen) atoms. The van der Waals surface area contributed by atoms with Gasteiger partial charge in [0.2, 0.25) is 10.0 Å². The monoisotopic (exact) mass is 376 g/mol. The maximum Gasteiger partial charge on any atom is 0.265 e. The topological polar surface area (TPSA) is 84.5 Å². The van der Waals surface area contributed by atoms with Crippen LogP contribution < -0.4 is 14.8 Å². The summed E-state index contributed by atoms with van der Waals surface area (Å²) in [7, 11) is -3.55. The number of carbonyl (C=O) groups excluding carboxylic acids is 1. The summed E-state index contributed by atoms with van der Waals surface area (Å²) in [6, 6.07) is 13.3. The third-order valence-electron chi connectivity index (χ3n) is 3.49. The third kappa shape index (κ3) is 5.57. The van der Waals surface area contributed by atoms with Gasteiger partial charge in [0.05, 0.1) is 4.90 Å². The Labute approximate surface area is 154 Å². The lowest BCUT2D eigenvalue weighted by molar-refractivity contribution is -0.122. The predicted molar refractivity (Wildman–Crippen MR) is 102 cm³/mol. The number of hydrogen-bond donors (Lipinski definition) is 2. The zero-order valence-electron chi connectivity index (χ0n) is 15.3. The summed E-state index contributed by atoms with van der Waals surface area (Å²) in [6.45, 7) is 7.11. The van der Waals surface area contributed by atoms with Gasteiger partial charge in [-0.05, 0) is 69.7 Å². The summed E-state index contributed by atoms with van der Waals surface area (Å²) >= 11 is 0. The van der Waals surface area contributed by atoms with Gasteiger partial charge in [-0.2, -0.15) is 0 Å². The van der Waals surface area contributed by atoms with E-state index in [1.54, 1.807) is 39.0 Å². The Morgan fingerprint density at radius 1 is 1.04 bits per heavy atom. The first-order chi connectivity index (χ1) is 12.2. The number of anilines is 1. The standard InChI is InChI=1S/C19H24N2O4S/c1-13(2)21-26(23,24)18-10-8-16(9-11-18)20-19(22)15(4)25-17-7-5-6-14(3)12-17/h5-13,15,21H,1-4H3,(H,20,22)/t15-/m0/s1. The maximum atomic E-state index is 12.3. The molecule has 6 nitrogen and oxygen atoms in total. The molecule has 2 N–H and O–H groups in total. The van der Waals surface area contributed by atoms with Crippen molar-refractivity contribution >= 4 is 21.6 Å². The molecule has 0 aromatic heterocycles. The van der Waals surface area contributed by atoms with Gasteiger partial charge in [-0.3, -0.25) is 4.79 Å². The minimum absolute atomic E-state index is 0.147. The van der Waals surface area contributed by atoms with Gasteiger partial charge < -0.3 is 10.1 Å². The molecule has 0 aliphatic carbocycles. The molecule has 0 unspecified atom stereocenters. The number of carbonyl (C=O) groups is 1. The van der Waals surface area contributed by atoms with Crippen LogP contribution in [-0.2, 0) is 14.8 Å². The largest absolute Gasteiger partial charge is 0.481 e. The highest BCUT2D eigenvalue weighted by Gasteiger charge is 2.17. The van der Waals surface area contributed by atoms with E-state index in [-0.39, 0.29) is 16.8 Å². The minimum Gasteiger partial charge on any atom is -0.481 e. The molecule has 0 bridgehead atoms. The molecule has 0 saturated carbocycles. The highest BCUT2D eigenvalue weighted by Crippen LogP contribution is 2.17. The third-order valence-corrected chi connectivity index (χ3v) is 5.17. The first kappa shape index (κ1) is 19.9. The van der Waals surface area contributed by atoms with E-state index < -0.39 is 16.1 Å². The van der Waals surface area contributed by atoms with E-state index in [0.29, 0.717) is 11.4 Å². The van der Waals surface area contributed by atoms with Crippen LogP contribution in [0.25, 0.3) is 0 Å². The number of amides is 1. The van der Waals surface area contributed by atoms with E-state index in [9.17, 15) is 13.2 Å². The maximum absolute atomic E-state index is 12.3. The Kier molecular flexibility index (Phi) is 6.39. The summed E-state index contributed by atoms with van der Waals surface area (Å²) < 4.78 is 32.3. The predicted octanol–water partition coefficient (Wildman–Crippen LogP) is 3.09. The van der Waals surface area contributed by atoms with Crippen LogP contribution in [0.1, 0.15) is 26.3 Å². The lowest BCUT2D eigenvalue weighted by atomic mass is 10.2. The molecular formula is C19H24N2O4S. The molecule has 1 amide bonds. The van der Waals surface area contributed by atoms with Gasteiger partial charge in [-0.25, -0.2) is 13.1 Å². The minimum atomic E-state index is -3.55. The number of sulfonamides is 1. The Morgan fingerprint density at radius 2 is 1.69 bits per heavy atom. The Morgan fingerprint density at radius 3 is 2.27 bits per heavy atom. The second-order valence-electron chi connectivity index (χ2n) is 6.37. The van der Waals surface area contributed by atoms with E-state index >= 15 is 0 Å². The Bertz CT molecular complexity index is 861. The normalized spacial score (nSPS) is 12.7. The number of benzene rings is 2. The molecule has 0 aliphatic rings. The molecule has 2 aromatic carbocycles. The van der Waals surface area contributed by atoms with Crippen molar-refractivity contribution in [3.05, 3.63) is 54.1 Å². The first-order valence-electron chi connectivity index (χ1n) is 8.34. The average molecular weight is 376 g/mol. The highest BCUT2D eigenvalue weighted by molar-refractivity contribution is 7.89. The summed E-state index contributed by atoms with van der Waals surface area (Å²) in [5, 5.41) is 2.72. The molecule has 0 aliphatic heterocycles. The van der Waals surface area contributed by atoms with Gasteiger partial charge in [0, 0.05) is 11.7 Å². The number of ether oxygens (including phenoxy) is 1. The molecule has 1 atom stereocenters. The molecule has 0 heterocycles. The summed E-state index contributed by atoms with van der Waals surface area (Å²) in [4.78, 5) is 12.4. The second kappa shape index (κ2) is 8.33. The van der Waals surface area contributed by atoms with Crippen molar-refractivity contribution in [2.24, 2.45) is 0 Å². The van der Waals surface area contributed by atoms with E-state index in [2.05, 4.69) is 10.0 Å². The van der Waals surface area contributed by atoms with Gasteiger partial charge in [-0.15, -0.1) is 0 Å². The Balaban J connectivity index is 2.00. The molecule has 140 valence electrons. The van der Waals surface area contributed by atoms with Crippen molar-refractivity contribution in [2.45, 2.75) is 44.7 Å². The fourth-order valence-electron chi connectivity index (χ4n) is 2.29. The number of nitrogens with one attached hydrogen (secondary N) is 2. The number of hydrogen-bond acceptors (Lipinski definition) is 4. The van der Waals surface area contributed by atoms with Crippen molar-refractivity contribution in [1.29, 1.82) is 0 Å². The van der Waals surface area contributed by atoms with Gasteiger partial charge in [-0.1, -0.05) is 12.1 Å². The molecule has 7 heteroatoms. The van der Waals surface area contributed by atoms with Gasteiger partial charge in [0.25, 0.3) is 5.91 Å². The lowest BCUT2D eigenvalue weighted by Gasteiger charge is -2.15. The van der Waals surface area contributed by atoms with Gasteiger partial charge in [0.1, 0.15) is 5.75 Å². The van der Waals surface area contributed by atoms with Gasteiger partial charge in [0.15, 0.2) is 6.10 Å². The van der Waals surface area contributed by atoms with Crippen LogP contribution in [0.3, 0.4) is 0 Å². The summed E-state index contributed by atoms with van der Waals surface area (Å²) in [6.07, 6.45) is -0.692. The van der Waals surface area contributed by atoms with Crippen LogP contribution in [0.2, 0.25) is 0 Å². The zero-order valence-corrected chi connectivity index (χ0v) is 16.1. The smallest absolute Gasteiger partial charge is 0.265 e. The summed E-state index contributed by atoms with van der Waals surface area (Å²) in [5.41, 5.74) is 1.54.